The van der Waals surface area contributed by atoms with Gasteiger partial charge in [-0.15, -0.1) is 0 Å². The molecule has 3 aromatic heterocycles. The van der Waals surface area contributed by atoms with Gasteiger partial charge >= 0.3 is 0 Å². The maximum atomic E-state index is 13.2. The first-order valence-electron chi connectivity index (χ1n) is 15.2. The van der Waals surface area contributed by atoms with Crippen LogP contribution in [-0.4, -0.2) is 65.7 Å². The van der Waals surface area contributed by atoms with Crippen molar-refractivity contribution in [2.45, 2.75) is 63.5 Å². The number of nitrogens with zero attached hydrogens (tertiary/aromatic N) is 6. The quantitative estimate of drug-likeness (QED) is 0.311. The molecule has 1 aromatic carbocycles. The molecule has 2 N–H and O–H groups in total. The molecular weight excluding hydrogens is 560 g/mol. The number of imide groups is 2. The van der Waals surface area contributed by atoms with E-state index in [0.29, 0.717) is 17.9 Å². The van der Waals surface area contributed by atoms with E-state index in [9.17, 15) is 19.2 Å². The Morgan fingerprint density at radius 1 is 1.00 bits per heavy atom. The lowest BCUT2D eigenvalue weighted by Crippen LogP contribution is -2.54. The second-order valence-corrected chi connectivity index (χ2v) is 12.6. The van der Waals surface area contributed by atoms with Crippen LogP contribution in [0.15, 0.2) is 36.7 Å². The van der Waals surface area contributed by atoms with E-state index in [4.69, 9.17) is 10.1 Å². The summed E-state index contributed by atoms with van der Waals surface area (Å²) in [5.74, 6) is -1.06. The molecule has 0 spiro atoms. The van der Waals surface area contributed by atoms with Crippen LogP contribution >= 0.6 is 0 Å². The molecule has 1 saturated heterocycles. The minimum absolute atomic E-state index is 0.0956. The maximum absolute atomic E-state index is 13.2. The van der Waals surface area contributed by atoms with Crippen molar-refractivity contribution in [3.63, 3.8) is 0 Å². The van der Waals surface area contributed by atoms with Gasteiger partial charge in [0.15, 0.2) is 0 Å². The zero-order valence-electron chi connectivity index (χ0n) is 24.5. The molecular formula is C32H32N8O4. The van der Waals surface area contributed by atoms with Crippen LogP contribution in [0.1, 0.15) is 82.6 Å². The van der Waals surface area contributed by atoms with Crippen LogP contribution in [0.5, 0.6) is 0 Å². The number of aromatic nitrogens is 5. The second kappa shape index (κ2) is 9.83. The molecule has 12 nitrogen and oxygen atoms in total. The first-order valence-corrected chi connectivity index (χ1v) is 15.2. The van der Waals surface area contributed by atoms with E-state index in [0.717, 1.165) is 76.4 Å². The van der Waals surface area contributed by atoms with Gasteiger partial charge in [-0.3, -0.25) is 43.7 Å². The van der Waals surface area contributed by atoms with Gasteiger partial charge in [-0.05, 0) is 69.2 Å². The fourth-order valence-corrected chi connectivity index (χ4v) is 6.81. The monoisotopic (exact) mass is 592 g/mol. The third kappa shape index (κ3) is 4.30. The first-order chi connectivity index (χ1) is 21.2. The molecule has 2 saturated carbocycles. The SMILES string of the molecule is Cc1nc(-c2cn(C3CC(CNc4ccc5c(c4)C(=O)N(C4CCC(=O)NC4=O)C5=O)C3)nc2C2CC2)cc2c1cnn2C. The normalized spacial score (nSPS) is 23.2. The predicted octanol–water partition coefficient (Wildman–Crippen LogP) is 3.48. The van der Waals surface area contributed by atoms with Gasteiger partial charge in [-0.25, -0.2) is 0 Å². The molecule has 2 aliphatic carbocycles. The van der Waals surface area contributed by atoms with Gasteiger partial charge < -0.3 is 5.32 Å². The van der Waals surface area contributed by atoms with Crippen molar-refractivity contribution in [2.24, 2.45) is 13.0 Å². The number of anilines is 1. The lowest BCUT2D eigenvalue weighted by atomic mass is 9.80. The Bertz CT molecular complexity index is 1900. The smallest absolute Gasteiger partial charge is 0.262 e. The summed E-state index contributed by atoms with van der Waals surface area (Å²) in [6.45, 7) is 2.76. The van der Waals surface area contributed by atoms with E-state index < -0.39 is 29.7 Å². The zero-order chi connectivity index (χ0) is 30.3. The largest absolute Gasteiger partial charge is 0.385 e. The van der Waals surface area contributed by atoms with Crippen LogP contribution in [-0.2, 0) is 16.6 Å². The van der Waals surface area contributed by atoms with Crippen molar-refractivity contribution in [2.75, 3.05) is 11.9 Å². The molecule has 2 aliphatic heterocycles. The van der Waals surface area contributed by atoms with Crippen molar-refractivity contribution in [1.82, 2.24) is 34.8 Å². The second-order valence-electron chi connectivity index (χ2n) is 12.6. The van der Waals surface area contributed by atoms with Crippen molar-refractivity contribution in [3.8, 4) is 11.3 Å². The standard InChI is InChI=1S/C32H32N8O4/c1-16-23-14-34-38(2)27(23)12-25(35-16)24-15-39(37-29(24)18-3-4-18)20-9-17(10-20)13-33-19-5-6-21-22(11-19)32(44)40(31(21)43)26-7-8-28(41)36-30(26)42/h5-6,11-12,14-15,17-18,20,26,33H,3-4,7-10,13H2,1-2H3,(H,36,41,42). The number of aryl methyl sites for hydroxylation is 2. The van der Waals surface area contributed by atoms with Crippen LogP contribution in [0.4, 0.5) is 5.69 Å². The molecule has 5 heterocycles. The Hall–Kier alpha value is -4.87. The molecule has 4 aliphatic rings. The lowest BCUT2D eigenvalue weighted by Gasteiger charge is -2.35. The molecule has 1 atom stereocenters. The highest BCUT2D eigenvalue weighted by molar-refractivity contribution is 6.23. The number of amides is 4. The zero-order valence-corrected chi connectivity index (χ0v) is 24.5. The number of pyridine rings is 1. The van der Waals surface area contributed by atoms with E-state index in [-0.39, 0.29) is 24.0 Å². The highest BCUT2D eigenvalue weighted by Crippen LogP contribution is 2.46. The van der Waals surface area contributed by atoms with E-state index in [1.807, 2.05) is 24.9 Å². The van der Waals surface area contributed by atoms with Gasteiger partial charge in [0, 0.05) is 54.5 Å². The van der Waals surface area contributed by atoms with Crippen molar-refractivity contribution in [1.29, 1.82) is 0 Å². The number of hydrogen-bond donors (Lipinski definition) is 2. The molecule has 8 rings (SSSR count). The minimum Gasteiger partial charge on any atom is -0.385 e. The average Bonchev–Trinajstić information content (AvgIpc) is 3.55. The summed E-state index contributed by atoms with van der Waals surface area (Å²) < 4.78 is 4.02. The Kier molecular flexibility index (Phi) is 5.97. The summed E-state index contributed by atoms with van der Waals surface area (Å²) in [6, 6.07) is 6.59. The van der Waals surface area contributed by atoms with Gasteiger partial charge in [-0.2, -0.15) is 10.2 Å². The Balaban J connectivity index is 0.934. The molecule has 4 aromatic rings. The first kappa shape index (κ1) is 26.7. The topological polar surface area (TPSA) is 144 Å². The van der Waals surface area contributed by atoms with Crippen LogP contribution in [0, 0.1) is 12.8 Å². The number of benzene rings is 1. The van der Waals surface area contributed by atoms with Gasteiger partial charge in [0.1, 0.15) is 6.04 Å². The summed E-state index contributed by atoms with van der Waals surface area (Å²) >= 11 is 0. The molecule has 3 fully saturated rings. The highest BCUT2D eigenvalue weighted by Gasteiger charge is 2.44. The van der Waals surface area contributed by atoms with Crippen molar-refractivity contribution in [3.05, 3.63) is 59.2 Å². The number of nitrogens with one attached hydrogen (secondary N) is 2. The predicted molar refractivity (Wildman–Crippen MR) is 160 cm³/mol. The minimum atomic E-state index is -0.968. The van der Waals surface area contributed by atoms with E-state index in [1.165, 1.54) is 0 Å². The maximum Gasteiger partial charge on any atom is 0.262 e. The average molecular weight is 593 g/mol. The number of carbonyl (C=O) groups excluding carboxylic acids is 4. The fourth-order valence-electron chi connectivity index (χ4n) is 6.81. The number of carbonyl (C=O) groups is 4. The van der Waals surface area contributed by atoms with Gasteiger partial charge in [0.25, 0.3) is 11.8 Å². The fraction of sp³-hybridized carbons (Fsp3) is 0.406. The van der Waals surface area contributed by atoms with Crippen LogP contribution in [0.2, 0.25) is 0 Å². The summed E-state index contributed by atoms with van der Waals surface area (Å²) in [5, 5.41) is 16.2. The molecule has 224 valence electrons. The molecule has 0 bridgehead atoms. The summed E-state index contributed by atoms with van der Waals surface area (Å²) in [7, 11) is 1.95. The number of piperidine rings is 1. The van der Waals surface area contributed by atoms with Gasteiger partial charge in [-0.1, -0.05) is 0 Å². The summed E-state index contributed by atoms with van der Waals surface area (Å²) in [4.78, 5) is 55.9. The van der Waals surface area contributed by atoms with E-state index in [2.05, 4.69) is 32.7 Å². The Morgan fingerprint density at radius 3 is 2.57 bits per heavy atom. The van der Waals surface area contributed by atoms with Crippen LogP contribution < -0.4 is 10.6 Å². The third-order valence-electron chi connectivity index (χ3n) is 9.56. The summed E-state index contributed by atoms with van der Waals surface area (Å²) in [6.07, 6.45) is 8.56. The number of hydrogen-bond acceptors (Lipinski definition) is 8. The summed E-state index contributed by atoms with van der Waals surface area (Å²) in [5.41, 5.74) is 6.55. The molecule has 1 unspecified atom stereocenters. The lowest BCUT2D eigenvalue weighted by molar-refractivity contribution is -0.136. The molecule has 4 amide bonds. The third-order valence-corrected chi connectivity index (χ3v) is 9.56. The van der Waals surface area contributed by atoms with Gasteiger partial charge in [0.05, 0.1) is 40.3 Å². The van der Waals surface area contributed by atoms with Crippen molar-refractivity contribution < 1.29 is 19.2 Å². The molecule has 12 heteroatoms. The molecule has 44 heavy (non-hydrogen) atoms. The van der Waals surface area contributed by atoms with E-state index in [1.54, 1.807) is 18.2 Å². The highest BCUT2D eigenvalue weighted by atomic mass is 16.2. The molecule has 0 radical (unpaired) electrons. The Morgan fingerprint density at radius 2 is 1.80 bits per heavy atom. The van der Waals surface area contributed by atoms with Crippen LogP contribution in [0.3, 0.4) is 0 Å². The van der Waals surface area contributed by atoms with Crippen LogP contribution in [0.25, 0.3) is 22.2 Å². The van der Waals surface area contributed by atoms with E-state index >= 15 is 0 Å². The Labute approximate surface area is 252 Å². The number of rotatable bonds is 7. The van der Waals surface area contributed by atoms with Gasteiger partial charge in [0.2, 0.25) is 11.8 Å². The number of fused-ring (bicyclic) bond motifs is 2. The van der Waals surface area contributed by atoms with Crippen molar-refractivity contribution >= 4 is 40.2 Å².